The zero-order valence-corrected chi connectivity index (χ0v) is 6.29. The second-order valence-electron chi connectivity index (χ2n) is 1.99. The van der Waals surface area contributed by atoms with Crippen molar-refractivity contribution in [1.29, 1.82) is 0 Å². The quantitative estimate of drug-likeness (QED) is 0.504. The Morgan fingerprint density at radius 3 is 2.22 bits per heavy atom. The summed E-state index contributed by atoms with van der Waals surface area (Å²) in [5, 5.41) is 2.54. The Morgan fingerprint density at radius 2 is 2.11 bits per heavy atom. The fraction of sp³-hybridized carbons (Fsp3) is 0.600. The van der Waals surface area contributed by atoms with Crippen LogP contribution in [0.5, 0.6) is 0 Å². The summed E-state index contributed by atoms with van der Waals surface area (Å²) in [6, 6.07) is 0.0963. The van der Waals surface area contributed by atoms with Crippen molar-refractivity contribution in [1.82, 2.24) is 5.32 Å². The Morgan fingerprint density at radius 1 is 1.67 bits per heavy atom. The standard InChI is InChI=1S/C5H10N2OS/c1-3(2)7-5(8)4(6)9/h3H,1-2H3,(H2,6,9)(H,7,8). The molecule has 0 spiro atoms. The Kier molecular flexibility index (Phi) is 3.16. The van der Waals surface area contributed by atoms with Gasteiger partial charge < -0.3 is 11.1 Å². The van der Waals surface area contributed by atoms with Crippen LogP contribution in [0.15, 0.2) is 0 Å². The van der Waals surface area contributed by atoms with E-state index in [2.05, 4.69) is 17.5 Å². The first kappa shape index (κ1) is 8.36. The van der Waals surface area contributed by atoms with Gasteiger partial charge in [0.2, 0.25) is 0 Å². The van der Waals surface area contributed by atoms with Crippen molar-refractivity contribution in [3.8, 4) is 0 Å². The molecule has 0 aliphatic heterocycles. The van der Waals surface area contributed by atoms with Gasteiger partial charge in [-0.1, -0.05) is 12.2 Å². The molecule has 0 aliphatic rings. The number of amides is 1. The molecule has 3 nitrogen and oxygen atoms in total. The molecule has 0 saturated carbocycles. The summed E-state index contributed by atoms with van der Waals surface area (Å²) in [7, 11) is 0. The van der Waals surface area contributed by atoms with Gasteiger partial charge in [0, 0.05) is 6.04 Å². The molecule has 0 fully saturated rings. The van der Waals surface area contributed by atoms with E-state index in [9.17, 15) is 4.79 Å². The number of thiocarbonyl (C=S) groups is 1. The number of nitrogens with one attached hydrogen (secondary N) is 1. The minimum Gasteiger partial charge on any atom is -0.385 e. The van der Waals surface area contributed by atoms with E-state index >= 15 is 0 Å². The highest BCUT2D eigenvalue weighted by molar-refractivity contribution is 7.81. The van der Waals surface area contributed by atoms with Crippen LogP contribution in [0.2, 0.25) is 0 Å². The zero-order valence-electron chi connectivity index (χ0n) is 5.47. The summed E-state index contributed by atoms with van der Waals surface area (Å²) < 4.78 is 0. The van der Waals surface area contributed by atoms with Crippen molar-refractivity contribution in [2.75, 3.05) is 0 Å². The molecule has 0 heterocycles. The molecule has 0 radical (unpaired) electrons. The van der Waals surface area contributed by atoms with Gasteiger partial charge in [-0.2, -0.15) is 0 Å². The summed E-state index contributed by atoms with van der Waals surface area (Å²) >= 11 is 4.40. The van der Waals surface area contributed by atoms with Gasteiger partial charge in [-0.25, -0.2) is 0 Å². The first-order chi connectivity index (χ1) is 4.04. The third-order valence-electron chi connectivity index (χ3n) is 0.644. The number of hydrogen-bond acceptors (Lipinski definition) is 2. The highest BCUT2D eigenvalue weighted by Gasteiger charge is 2.03. The predicted octanol–water partition coefficient (Wildman–Crippen LogP) is -0.203. The lowest BCUT2D eigenvalue weighted by Crippen LogP contribution is -2.38. The van der Waals surface area contributed by atoms with Gasteiger partial charge in [0.25, 0.3) is 5.91 Å². The largest absolute Gasteiger partial charge is 0.385 e. The number of carbonyl (C=O) groups excluding carboxylic acids is 1. The molecule has 9 heavy (non-hydrogen) atoms. The van der Waals surface area contributed by atoms with E-state index in [-0.39, 0.29) is 16.9 Å². The van der Waals surface area contributed by atoms with Gasteiger partial charge in [-0.15, -0.1) is 0 Å². The van der Waals surface area contributed by atoms with Crippen LogP contribution in [0.4, 0.5) is 0 Å². The van der Waals surface area contributed by atoms with E-state index in [1.165, 1.54) is 0 Å². The van der Waals surface area contributed by atoms with Crippen molar-refractivity contribution in [3.63, 3.8) is 0 Å². The monoisotopic (exact) mass is 146 g/mol. The summed E-state index contributed by atoms with van der Waals surface area (Å²) in [6.07, 6.45) is 0. The third-order valence-corrected chi connectivity index (χ3v) is 0.829. The number of nitrogens with two attached hydrogens (primary N) is 1. The summed E-state index contributed by atoms with van der Waals surface area (Å²) in [5.74, 6) is -0.361. The van der Waals surface area contributed by atoms with Crippen LogP contribution in [0, 0.1) is 0 Å². The lowest BCUT2D eigenvalue weighted by molar-refractivity contribution is -0.115. The van der Waals surface area contributed by atoms with Crippen LogP contribution < -0.4 is 11.1 Å². The van der Waals surface area contributed by atoms with E-state index in [0.29, 0.717) is 0 Å². The second kappa shape index (κ2) is 3.40. The number of rotatable bonds is 1. The molecule has 0 aromatic rings. The first-order valence-electron chi connectivity index (χ1n) is 2.64. The predicted molar refractivity (Wildman–Crippen MR) is 40.1 cm³/mol. The molecule has 0 aromatic carbocycles. The van der Waals surface area contributed by atoms with Crippen LogP contribution in [-0.4, -0.2) is 16.9 Å². The first-order valence-corrected chi connectivity index (χ1v) is 3.05. The van der Waals surface area contributed by atoms with Crippen molar-refractivity contribution in [3.05, 3.63) is 0 Å². The smallest absolute Gasteiger partial charge is 0.278 e. The third kappa shape index (κ3) is 3.90. The van der Waals surface area contributed by atoms with E-state index < -0.39 is 0 Å². The normalized spacial score (nSPS) is 9.22. The molecule has 1 amide bonds. The lowest BCUT2D eigenvalue weighted by Gasteiger charge is -2.05. The molecule has 3 N–H and O–H groups in total. The Labute approximate surface area is 59.6 Å². The topological polar surface area (TPSA) is 55.1 Å². The average Bonchev–Trinajstić information content (AvgIpc) is 1.63. The van der Waals surface area contributed by atoms with E-state index in [1.54, 1.807) is 0 Å². The highest BCUT2D eigenvalue weighted by atomic mass is 32.1. The molecule has 0 unspecified atom stereocenters. The van der Waals surface area contributed by atoms with Gasteiger partial charge in [-0.3, -0.25) is 4.79 Å². The molecule has 0 aliphatic carbocycles. The molecular weight excluding hydrogens is 136 g/mol. The maximum absolute atomic E-state index is 10.6. The van der Waals surface area contributed by atoms with Gasteiger partial charge >= 0.3 is 0 Å². The van der Waals surface area contributed by atoms with E-state index in [0.717, 1.165) is 0 Å². The molecule has 0 aromatic heterocycles. The van der Waals surface area contributed by atoms with Crippen LogP contribution in [-0.2, 0) is 4.79 Å². The molecule has 52 valence electrons. The van der Waals surface area contributed by atoms with Gasteiger partial charge in [0.15, 0.2) is 4.99 Å². The Bertz CT molecular complexity index is 133. The van der Waals surface area contributed by atoms with Crippen molar-refractivity contribution >= 4 is 23.1 Å². The lowest BCUT2D eigenvalue weighted by atomic mass is 10.4. The molecule has 0 bridgehead atoms. The van der Waals surface area contributed by atoms with Gasteiger partial charge in [-0.05, 0) is 13.8 Å². The van der Waals surface area contributed by atoms with Crippen LogP contribution in [0.25, 0.3) is 0 Å². The van der Waals surface area contributed by atoms with Crippen LogP contribution >= 0.6 is 12.2 Å². The zero-order chi connectivity index (χ0) is 7.44. The Hall–Kier alpha value is -0.640. The fourth-order valence-corrected chi connectivity index (χ4v) is 0.392. The fourth-order valence-electron chi connectivity index (χ4n) is 0.333. The SMILES string of the molecule is CC(C)NC(=O)C(N)=S. The average molecular weight is 146 g/mol. The summed E-state index contributed by atoms with van der Waals surface area (Å²) in [6.45, 7) is 3.69. The Balaban J connectivity index is 3.65. The van der Waals surface area contributed by atoms with E-state index in [1.807, 2.05) is 13.8 Å². The second-order valence-corrected chi connectivity index (χ2v) is 2.43. The molecule has 0 atom stereocenters. The van der Waals surface area contributed by atoms with Crippen molar-refractivity contribution in [2.24, 2.45) is 5.73 Å². The van der Waals surface area contributed by atoms with Crippen molar-refractivity contribution in [2.45, 2.75) is 19.9 Å². The van der Waals surface area contributed by atoms with Gasteiger partial charge in [0.1, 0.15) is 0 Å². The highest BCUT2D eigenvalue weighted by Crippen LogP contribution is 1.76. The maximum Gasteiger partial charge on any atom is 0.278 e. The van der Waals surface area contributed by atoms with Crippen molar-refractivity contribution < 1.29 is 4.79 Å². The molecule has 4 heteroatoms. The maximum atomic E-state index is 10.6. The summed E-state index contributed by atoms with van der Waals surface area (Å²) in [5.41, 5.74) is 5.00. The minimum absolute atomic E-state index is 0.0963. The molecule has 0 saturated heterocycles. The molecular formula is C5H10N2OS. The van der Waals surface area contributed by atoms with Crippen LogP contribution in [0.1, 0.15) is 13.8 Å². The summed E-state index contributed by atoms with van der Waals surface area (Å²) in [4.78, 5) is 10.5. The number of hydrogen-bond donors (Lipinski definition) is 2. The minimum atomic E-state index is -0.361. The number of carbonyl (C=O) groups is 1. The van der Waals surface area contributed by atoms with E-state index in [4.69, 9.17) is 5.73 Å². The van der Waals surface area contributed by atoms with Crippen LogP contribution in [0.3, 0.4) is 0 Å². The van der Waals surface area contributed by atoms with Gasteiger partial charge in [0.05, 0.1) is 0 Å². The molecule has 0 rings (SSSR count).